The van der Waals surface area contributed by atoms with Crippen LogP contribution >= 0.6 is 0 Å². The Balaban J connectivity index is 2.08. The Kier molecular flexibility index (Phi) is 5.38. The minimum absolute atomic E-state index is 0.0480. The molecule has 0 bridgehead atoms. The molecule has 0 atom stereocenters. The summed E-state index contributed by atoms with van der Waals surface area (Å²) in [6.07, 6.45) is 1.15. The van der Waals surface area contributed by atoms with Crippen molar-refractivity contribution in [1.82, 2.24) is 9.21 Å². The fraction of sp³-hybridized carbons (Fsp3) is 0.533. The number of sulfonamides is 1. The van der Waals surface area contributed by atoms with E-state index in [1.807, 2.05) is 0 Å². The molecular weight excluding hydrogens is 323 g/mol. The lowest BCUT2D eigenvalue weighted by molar-refractivity contribution is -0.138. The summed E-state index contributed by atoms with van der Waals surface area (Å²) in [5, 5.41) is 8.82. The number of likely N-dealkylation sites (N-methyl/N-ethyl adjacent to an activating group) is 1. The molecule has 0 aromatic heterocycles. The van der Waals surface area contributed by atoms with Crippen LogP contribution in [-0.2, 0) is 14.8 Å². The normalized spacial score (nSPS) is 17.6. The predicted molar refractivity (Wildman–Crippen MR) is 83.2 cm³/mol. The van der Waals surface area contributed by atoms with Crippen molar-refractivity contribution in [3.8, 4) is 0 Å². The number of piperidine rings is 1. The van der Waals surface area contributed by atoms with E-state index in [2.05, 4.69) is 0 Å². The summed E-state index contributed by atoms with van der Waals surface area (Å²) in [6, 6.07) is 3.70. The highest BCUT2D eigenvalue weighted by molar-refractivity contribution is 7.89. The zero-order chi connectivity index (χ0) is 17.2. The first kappa shape index (κ1) is 17.8. The fourth-order valence-electron chi connectivity index (χ4n) is 2.91. The maximum atomic E-state index is 13.2. The Bertz CT molecular complexity index is 685. The first-order chi connectivity index (χ1) is 10.7. The van der Waals surface area contributed by atoms with Crippen molar-refractivity contribution in [1.29, 1.82) is 0 Å². The number of aliphatic carboxylic acids is 1. The molecule has 6 nitrogen and oxygen atoms in total. The minimum Gasteiger partial charge on any atom is -0.480 e. The van der Waals surface area contributed by atoms with Crippen molar-refractivity contribution in [2.45, 2.75) is 30.7 Å². The van der Waals surface area contributed by atoms with Gasteiger partial charge in [-0.15, -0.1) is 0 Å². The standard InChI is InChI=1S/C15H21FN2O4S/c1-11-9-12(16)3-4-14(11)23(21,22)18-7-5-13(6-8-18)17(2)10-15(19)20/h3-4,9,13H,5-8,10H2,1-2H3,(H,19,20). The maximum Gasteiger partial charge on any atom is 0.317 e. The van der Waals surface area contributed by atoms with Gasteiger partial charge in [0.15, 0.2) is 0 Å². The van der Waals surface area contributed by atoms with Crippen molar-refractivity contribution >= 4 is 16.0 Å². The molecule has 1 aromatic carbocycles. The van der Waals surface area contributed by atoms with Gasteiger partial charge in [-0.05, 0) is 50.6 Å². The number of aryl methyl sites for hydroxylation is 1. The molecule has 0 radical (unpaired) electrons. The number of hydrogen-bond acceptors (Lipinski definition) is 4. The molecule has 0 spiro atoms. The molecule has 1 fully saturated rings. The molecular formula is C15H21FN2O4S. The van der Waals surface area contributed by atoms with Gasteiger partial charge in [-0.3, -0.25) is 9.69 Å². The maximum absolute atomic E-state index is 13.2. The van der Waals surface area contributed by atoms with Crippen LogP contribution in [0.25, 0.3) is 0 Å². The zero-order valence-electron chi connectivity index (χ0n) is 13.2. The van der Waals surface area contributed by atoms with Gasteiger partial charge in [0.25, 0.3) is 0 Å². The van der Waals surface area contributed by atoms with Crippen molar-refractivity contribution < 1.29 is 22.7 Å². The van der Waals surface area contributed by atoms with Crippen LogP contribution in [0.2, 0.25) is 0 Å². The average molecular weight is 344 g/mol. The van der Waals surface area contributed by atoms with E-state index in [0.717, 1.165) is 6.07 Å². The third-order valence-electron chi connectivity index (χ3n) is 4.19. The summed E-state index contributed by atoms with van der Waals surface area (Å²) >= 11 is 0. The number of halogens is 1. The molecule has 0 saturated carbocycles. The molecule has 1 aromatic rings. The van der Waals surface area contributed by atoms with Crippen molar-refractivity contribution in [3.63, 3.8) is 0 Å². The van der Waals surface area contributed by atoms with E-state index in [0.29, 0.717) is 31.5 Å². The molecule has 1 heterocycles. The number of carboxylic acids is 1. The number of carbonyl (C=O) groups is 1. The Morgan fingerprint density at radius 2 is 2.00 bits per heavy atom. The third kappa shape index (κ3) is 4.07. The Hall–Kier alpha value is -1.51. The molecule has 0 aliphatic carbocycles. The van der Waals surface area contributed by atoms with Crippen LogP contribution in [-0.4, -0.2) is 61.4 Å². The first-order valence-corrected chi connectivity index (χ1v) is 8.84. The monoisotopic (exact) mass is 344 g/mol. The molecule has 23 heavy (non-hydrogen) atoms. The third-order valence-corrected chi connectivity index (χ3v) is 6.25. The number of hydrogen-bond donors (Lipinski definition) is 1. The fourth-order valence-corrected chi connectivity index (χ4v) is 4.58. The Morgan fingerprint density at radius 1 is 1.39 bits per heavy atom. The van der Waals surface area contributed by atoms with E-state index >= 15 is 0 Å². The summed E-state index contributed by atoms with van der Waals surface area (Å²) in [4.78, 5) is 12.6. The lowest BCUT2D eigenvalue weighted by Crippen LogP contribution is -2.46. The summed E-state index contributed by atoms with van der Waals surface area (Å²) in [6.45, 7) is 2.17. The lowest BCUT2D eigenvalue weighted by Gasteiger charge is -2.35. The quantitative estimate of drug-likeness (QED) is 0.871. The number of rotatable bonds is 5. The first-order valence-electron chi connectivity index (χ1n) is 7.40. The molecule has 1 N–H and O–H groups in total. The summed E-state index contributed by atoms with van der Waals surface area (Å²) in [7, 11) is -1.92. The number of carboxylic acid groups (broad SMARTS) is 1. The molecule has 8 heteroatoms. The molecule has 1 aliphatic rings. The molecule has 128 valence electrons. The SMILES string of the molecule is Cc1cc(F)ccc1S(=O)(=O)N1CCC(N(C)CC(=O)O)CC1. The van der Waals surface area contributed by atoms with Crippen LogP contribution in [0.4, 0.5) is 4.39 Å². The summed E-state index contributed by atoms with van der Waals surface area (Å²) in [5.74, 6) is -1.36. The van der Waals surface area contributed by atoms with Gasteiger partial charge in [-0.1, -0.05) is 0 Å². The summed E-state index contributed by atoms with van der Waals surface area (Å²) in [5.41, 5.74) is 0.384. The van der Waals surface area contributed by atoms with Crippen LogP contribution in [0, 0.1) is 12.7 Å². The van der Waals surface area contributed by atoms with Crippen molar-refractivity contribution in [2.75, 3.05) is 26.7 Å². The van der Waals surface area contributed by atoms with E-state index < -0.39 is 21.8 Å². The zero-order valence-corrected chi connectivity index (χ0v) is 14.0. The van der Waals surface area contributed by atoms with Gasteiger partial charge in [0.1, 0.15) is 5.82 Å². The van der Waals surface area contributed by atoms with Gasteiger partial charge >= 0.3 is 5.97 Å². The van der Waals surface area contributed by atoms with Crippen molar-refractivity contribution in [2.24, 2.45) is 0 Å². The van der Waals surface area contributed by atoms with E-state index in [1.165, 1.54) is 16.4 Å². The van der Waals surface area contributed by atoms with Crippen LogP contribution in [0.3, 0.4) is 0 Å². The molecule has 0 unspecified atom stereocenters. The van der Waals surface area contributed by atoms with Gasteiger partial charge in [-0.25, -0.2) is 12.8 Å². The van der Waals surface area contributed by atoms with Crippen LogP contribution < -0.4 is 0 Å². The number of benzene rings is 1. The smallest absolute Gasteiger partial charge is 0.317 e. The predicted octanol–water partition coefficient (Wildman–Crippen LogP) is 1.30. The lowest BCUT2D eigenvalue weighted by atomic mass is 10.1. The highest BCUT2D eigenvalue weighted by Crippen LogP contribution is 2.25. The molecule has 1 saturated heterocycles. The van der Waals surface area contributed by atoms with Gasteiger partial charge < -0.3 is 5.11 Å². The second-order valence-corrected chi connectivity index (χ2v) is 7.76. The molecule has 1 aliphatic heterocycles. The molecule has 2 rings (SSSR count). The number of nitrogens with zero attached hydrogens (tertiary/aromatic N) is 2. The summed E-state index contributed by atoms with van der Waals surface area (Å²) < 4.78 is 39.9. The van der Waals surface area contributed by atoms with Gasteiger partial charge in [0.2, 0.25) is 10.0 Å². The van der Waals surface area contributed by atoms with Crippen LogP contribution in [0.5, 0.6) is 0 Å². The van der Waals surface area contributed by atoms with Gasteiger partial charge in [0.05, 0.1) is 11.4 Å². The Labute approximate surface area is 135 Å². The van der Waals surface area contributed by atoms with E-state index in [9.17, 15) is 17.6 Å². The van der Waals surface area contributed by atoms with Crippen LogP contribution in [0.1, 0.15) is 18.4 Å². The van der Waals surface area contributed by atoms with Crippen LogP contribution in [0.15, 0.2) is 23.1 Å². The van der Waals surface area contributed by atoms with Gasteiger partial charge in [-0.2, -0.15) is 4.31 Å². The second kappa shape index (κ2) is 6.94. The van der Waals surface area contributed by atoms with E-state index in [4.69, 9.17) is 5.11 Å². The van der Waals surface area contributed by atoms with Crippen molar-refractivity contribution in [3.05, 3.63) is 29.6 Å². The highest BCUT2D eigenvalue weighted by atomic mass is 32.2. The van der Waals surface area contributed by atoms with E-state index in [-0.39, 0.29) is 17.5 Å². The minimum atomic E-state index is -3.65. The Morgan fingerprint density at radius 3 is 2.52 bits per heavy atom. The topological polar surface area (TPSA) is 77.9 Å². The average Bonchev–Trinajstić information content (AvgIpc) is 2.46. The highest BCUT2D eigenvalue weighted by Gasteiger charge is 2.32. The van der Waals surface area contributed by atoms with Gasteiger partial charge in [0, 0.05) is 19.1 Å². The second-order valence-electron chi connectivity index (χ2n) is 5.85. The molecule has 0 amide bonds. The van der Waals surface area contributed by atoms with E-state index in [1.54, 1.807) is 18.9 Å². The largest absolute Gasteiger partial charge is 0.480 e.